The highest BCUT2D eigenvalue weighted by Gasteiger charge is 2.30. The number of piperidine rings is 1. The lowest BCUT2D eigenvalue weighted by molar-refractivity contribution is -0.126. The minimum absolute atomic E-state index is 0.0416. The van der Waals surface area contributed by atoms with Crippen molar-refractivity contribution in [1.82, 2.24) is 15.1 Å². The predicted molar refractivity (Wildman–Crippen MR) is 120 cm³/mol. The van der Waals surface area contributed by atoms with Gasteiger partial charge in [0.25, 0.3) is 0 Å². The van der Waals surface area contributed by atoms with Gasteiger partial charge in [-0.3, -0.25) is 4.79 Å². The van der Waals surface area contributed by atoms with Crippen LogP contribution in [0, 0.1) is 5.92 Å². The number of urea groups is 1. The zero-order valence-corrected chi connectivity index (χ0v) is 18.0. The van der Waals surface area contributed by atoms with E-state index >= 15 is 0 Å². The van der Waals surface area contributed by atoms with E-state index < -0.39 is 0 Å². The smallest absolute Gasteiger partial charge is 0.319 e. The molecule has 2 aromatic carbocycles. The Hall–Kier alpha value is -3.02. The summed E-state index contributed by atoms with van der Waals surface area (Å²) in [5.41, 5.74) is 2.07. The van der Waals surface area contributed by atoms with Crippen LogP contribution in [0.15, 0.2) is 54.6 Å². The largest absolute Gasteiger partial charge is 0.489 e. The Morgan fingerprint density at radius 3 is 2.26 bits per heavy atom. The monoisotopic (exact) mass is 421 g/mol. The maximum atomic E-state index is 12.7. The van der Waals surface area contributed by atoms with Crippen LogP contribution >= 0.6 is 0 Å². The van der Waals surface area contributed by atoms with Gasteiger partial charge in [-0.15, -0.1) is 0 Å². The van der Waals surface area contributed by atoms with Crippen molar-refractivity contribution in [3.8, 4) is 5.75 Å². The number of ether oxygens (including phenoxy) is 1. The van der Waals surface area contributed by atoms with Crippen molar-refractivity contribution < 1.29 is 14.3 Å². The molecule has 3 amide bonds. The molecule has 0 aliphatic carbocycles. The number of amides is 3. The maximum absolute atomic E-state index is 12.7. The molecule has 0 radical (unpaired) electrons. The molecule has 0 aromatic heterocycles. The molecule has 4 rings (SSSR count). The SMILES string of the molecule is O=C(NCc1ccccc1OCc1ccccc1)C1CCN(C(=O)N2CCCC2)CC1. The van der Waals surface area contributed by atoms with E-state index in [0.717, 1.165) is 55.6 Å². The lowest BCUT2D eigenvalue weighted by Crippen LogP contribution is -2.47. The summed E-state index contributed by atoms with van der Waals surface area (Å²) >= 11 is 0. The van der Waals surface area contributed by atoms with Crippen molar-refractivity contribution in [3.63, 3.8) is 0 Å². The normalized spacial score (nSPS) is 16.9. The predicted octanol–water partition coefficient (Wildman–Crippen LogP) is 3.81. The van der Waals surface area contributed by atoms with Gasteiger partial charge in [-0.25, -0.2) is 4.79 Å². The molecule has 2 saturated heterocycles. The van der Waals surface area contributed by atoms with Crippen LogP contribution in [0.25, 0.3) is 0 Å². The molecule has 6 nitrogen and oxygen atoms in total. The summed E-state index contributed by atoms with van der Waals surface area (Å²) in [4.78, 5) is 29.1. The lowest BCUT2D eigenvalue weighted by atomic mass is 9.96. The van der Waals surface area contributed by atoms with Gasteiger partial charge in [0.05, 0.1) is 0 Å². The minimum Gasteiger partial charge on any atom is -0.489 e. The summed E-state index contributed by atoms with van der Waals surface area (Å²) in [6, 6.07) is 18.0. The topological polar surface area (TPSA) is 61.9 Å². The summed E-state index contributed by atoms with van der Waals surface area (Å²) in [5.74, 6) is 0.809. The quantitative estimate of drug-likeness (QED) is 0.772. The minimum atomic E-state index is -0.0416. The third kappa shape index (κ3) is 5.57. The Kier molecular flexibility index (Phi) is 7.07. The number of hydrogen-bond donors (Lipinski definition) is 1. The number of nitrogens with zero attached hydrogens (tertiary/aromatic N) is 2. The number of carbonyl (C=O) groups is 2. The van der Waals surface area contributed by atoms with Crippen molar-refractivity contribution in [1.29, 1.82) is 0 Å². The van der Waals surface area contributed by atoms with E-state index in [9.17, 15) is 9.59 Å². The summed E-state index contributed by atoms with van der Waals surface area (Å²) < 4.78 is 5.99. The summed E-state index contributed by atoms with van der Waals surface area (Å²) in [5, 5.41) is 3.07. The summed E-state index contributed by atoms with van der Waals surface area (Å²) in [6.45, 7) is 3.98. The van der Waals surface area contributed by atoms with E-state index in [1.165, 1.54) is 0 Å². The molecule has 0 unspecified atom stereocenters. The first-order valence-electron chi connectivity index (χ1n) is 11.3. The fourth-order valence-electron chi connectivity index (χ4n) is 4.29. The molecule has 2 aliphatic heterocycles. The average Bonchev–Trinajstić information content (AvgIpc) is 3.37. The van der Waals surface area contributed by atoms with Crippen LogP contribution < -0.4 is 10.1 Å². The van der Waals surface area contributed by atoms with Crippen molar-refractivity contribution >= 4 is 11.9 Å². The highest BCUT2D eigenvalue weighted by atomic mass is 16.5. The molecule has 0 saturated carbocycles. The Bertz CT molecular complexity index is 873. The number of carbonyl (C=O) groups excluding carboxylic acids is 2. The van der Waals surface area contributed by atoms with Gasteiger partial charge < -0.3 is 19.9 Å². The Morgan fingerprint density at radius 1 is 0.871 bits per heavy atom. The van der Waals surface area contributed by atoms with E-state index in [0.29, 0.717) is 26.2 Å². The van der Waals surface area contributed by atoms with Crippen LogP contribution in [-0.2, 0) is 17.9 Å². The third-order valence-corrected chi connectivity index (χ3v) is 6.18. The highest BCUT2D eigenvalue weighted by Crippen LogP contribution is 2.22. The molecule has 2 aliphatic rings. The van der Waals surface area contributed by atoms with E-state index in [2.05, 4.69) is 5.32 Å². The van der Waals surface area contributed by atoms with Crippen LogP contribution in [0.1, 0.15) is 36.8 Å². The van der Waals surface area contributed by atoms with Crippen molar-refractivity contribution in [2.45, 2.75) is 38.8 Å². The first kappa shape index (κ1) is 21.2. The molecule has 2 fully saturated rings. The van der Waals surface area contributed by atoms with E-state index in [4.69, 9.17) is 4.74 Å². The molecule has 6 heteroatoms. The van der Waals surface area contributed by atoms with Gasteiger partial charge in [-0.1, -0.05) is 48.5 Å². The van der Waals surface area contributed by atoms with Crippen LogP contribution in [0.3, 0.4) is 0 Å². The van der Waals surface area contributed by atoms with Crippen molar-refractivity contribution in [2.75, 3.05) is 26.2 Å². The zero-order valence-electron chi connectivity index (χ0n) is 18.0. The number of nitrogens with one attached hydrogen (secondary N) is 1. The van der Waals surface area contributed by atoms with Gasteiger partial charge in [-0.2, -0.15) is 0 Å². The lowest BCUT2D eigenvalue weighted by Gasteiger charge is -2.34. The number of hydrogen-bond acceptors (Lipinski definition) is 3. The van der Waals surface area contributed by atoms with Gasteiger partial charge in [0.15, 0.2) is 0 Å². The van der Waals surface area contributed by atoms with Gasteiger partial charge in [0, 0.05) is 44.2 Å². The van der Waals surface area contributed by atoms with E-state index in [1.807, 2.05) is 64.4 Å². The van der Waals surface area contributed by atoms with Crippen LogP contribution in [-0.4, -0.2) is 47.9 Å². The molecule has 0 spiro atoms. The van der Waals surface area contributed by atoms with E-state index in [1.54, 1.807) is 0 Å². The second kappa shape index (κ2) is 10.3. The number of rotatable bonds is 6. The molecular formula is C25H31N3O3. The molecular weight excluding hydrogens is 390 g/mol. The second-order valence-electron chi connectivity index (χ2n) is 8.34. The summed E-state index contributed by atoms with van der Waals surface area (Å²) in [7, 11) is 0. The molecule has 164 valence electrons. The first-order valence-corrected chi connectivity index (χ1v) is 11.3. The molecule has 2 aromatic rings. The Morgan fingerprint density at radius 2 is 1.52 bits per heavy atom. The van der Waals surface area contributed by atoms with Crippen LogP contribution in [0.5, 0.6) is 5.75 Å². The van der Waals surface area contributed by atoms with Gasteiger partial charge in [0.2, 0.25) is 5.91 Å². The Balaban J connectivity index is 1.25. The number of benzene rings is 2. The number of likely N-dealkylation sites (tertiary alicyclic amines) is 2. The van der Waals surface area contributed by atoms with Gasteiger partial charge in [0.1, 0.15) is 12.4 Å². The zero-order chi connectivity index (χ0) is 21.5. The van der Waals surface area contributed by atoms with Crippen molar-refractivity contribution in [3.05, 3.63) is 65.7 Å². The third-order valence-electron chi connectivity index (χ3n) is 6.18. The second-order valence-corrected chi connectivity index (χ2v) is 8.34. The van der Waals surface area contributed by atoms with Crippen LogP contribution in [0.2, 0.25) is 0 Å². The fraction of sp³-hybridized carbons (Fsp3) is 0.440. The molecule has 0 bridgehead atoms. The average molecular weight is 422 g/mol. The molecule has 2 heterocycles. The highest BCUT2D eigenvalue weighted by molar-refractivity contribution is 5.79. The molecule has 1 N–H and O–H groups in total. The van der Waals surface area contributed by atoms with Crippen molar-refractivity contribution in [2.24, 2.45) is 5.92 Å². The Labute approximate surface area is 184 Å². The van der Waals surface area contributed by atoms with Crippen LogP contribution in [0.4, 0.5) is 4.79 Å². The standard InChI is InChI=1S/C25H31N3O3/c29-24(21-12-16-28(17-13-21)25(30)27-14-6-7-15-27)26-18-22-10-4-5-11-23(22)31-19-20-8-2-1-3-9-20/h1-5,8-11,21H,6-7,12-19H2,(H,26,29). The molecule has 0 atom stereocenters. The first-order chi connectivity index (χ1) is 15.2. The van der Waals surface area contributed by atoms with Gasteiger partial charge >= 0.3 is 6.03 Å². The van der Waals surface area contributed by atoms with E-state index in [-0.39, 0.29) is 17.9 Å². The maximum Gasteiger partial charge on any atom is 0.319 e. The molecule has 31 heavy (non-hydrogen) atoms. The van der Waals surface area contributed by atoms with Gasteiger partial charge in [-0.05, 0) is 37.3 Å². The number of para-hydroxylation sites is 1. The fourth-order valence-corrected chi connectivity index (χ4v) is 4.29. The summed E-state index contributed by atoms with van der Waals surface area (Å²) in [6.07, 6.45) is 3.64.